The van der Waals surface area contributed by atoms with Crippen molar-refractivity contribution in [3.63, 3.8) is 0 Å². The lowest BCUT2D eigenvalue weighted by Gasteiger charge is -2.10. The molecule has 2 aromatic rings. The van der Waals surface area contributed by atoms with Crippen LogP contribution in [0.5, 0.6) is 5.75 Å². The summed E-state index contributed by atoms with van der Waals surface area (Å²) in [5.41, 5.74) is 1.37. The molecule has 20 heavy (non-hydrogen) atoms. The number of ether oxygens (including phenoxy) is 1. The number of alkyl halides is 3. The summed E-state index contributed by atoms with van der Waals surface area (Å²) >= 11 is 0. The quantitative estimate of drug-likeness (QED) is 0.790. The molecule has 0 atom stereocenters. The Balaban J connectivity index is 2.32. The van der Waals surface area contributed by atoms with Gasteiger partial charge in [-0.05, 0) is 24.6 Å². The maximum absolute atomic E-state index is 12.2. The van der Waals surface area contributed by atoms with Crippen molar-refractivity contribution in [2.45, 2.75) is 13.3 Å². The highest BCUT2D eigenvalue weighted by Gasteiger charge is 2.31. The van der Waals surface area contributed by atoms with Crippen molar-refractivity contribution in [2.75, 3.05) is 0 Å². The first-order chi connectivity index (χ1) is 9.37. The highest BCUT2D eigenvalue weighted by molar-refractivity contribution is 6.10. The van der Waals surface area contributed by atoms with Crippen LogP contribution in [0.25, 0.3) is 0 Å². The molecule has 0 radical (unpaired) electrons. The van der Waals surface area contributed by atoms with Gasteiger partial charge in [-0.3, -0.25) is 4.79 Å². The molecular weight excluding hydrogens is 269 g/mol. The second-order valence-corrected chi connectivity index (χ2v) is 4.22. The summed E-state index contributed by atoms with van der Waals surface area (Å²) in [6, 6.07) is 11.9. The van der Waals surface area contributed by atoms with E-state index in [0.717, 1.165) is 17.7 Å². The number of aryl methyl sites for hydroxylation is 1. The van der Waals surface area contributed by atoms with E-state index in [2.05, 4.69) is 4.74 Å². The van der Waals surface area contributed by atoms with Crippen LogP contribution in [0.4, 0.5) is 13.2 Å². The summed E-state index contributed by atoms with van der Waals surface area (Å²) in [7, 11) is 0. The number of carbonyl (C=O) groups is 1. The molecule has 0 saturated heterocycles. The van der Waals surface area contributed by atoms with Gasteiger partial charge in [0, 0.05) is 11.1 Å². The molecule has 104 valence electrons. The van der Waals surface area contributed by atoms with Crippen LogP contribution in [-0.2, 0) is 0 Å². The zero-order chi connectivity index (χ0) is 14.8. The molecule has 0 aromatic heterocycles. The minimum Gasteiger partial charge on any atom is -0.406 e. The average molecular weight is 280 g/mol. The molecule has 0 heterocycles. The molecule has 5 heteroatoms. The smallest absolute Gasteiger partial charge is 0.406 e. The molecule has 0 amide bonds. The van der Waals surface area contributed by atoms with E-state index < -0.39 is 12.1 Å². The Bertz CT molecular complexity index is 633. The molecule has 0 fully saturated rings. The summed E-state index contributed by atoms with van der Waals surface area (Å²) in [5, 5.41) is 0. The summed E-state index contributed by atoms with van der Waals surface area (Å²) in [6.45, 7) is 1.77. The van der Waals surface area contributed by atoms with Crippen LogP contribution in [-0.4, -0.2) is 12.1 Å². The highest BCUT2D eigenvalue weighted by atomic mass is 19.4. The van der Waals surface area contributed by atoms with Crippen LogP contribution >= 0.6 is 0 Å². The third-order valence-corrected chi connectivity index (χ3v) is 2.72. The SMILES string of the molecule is Cc1ccccc1C(=O)c1cccc(OC(F)(F)F)c1. The number of hydrogen-bond donors (Lipinski definition) is 0. The number of halogens is 3. The monoisotopic (exact) mass is 280 g/mol. The van der Waals surface area contributed by atoms with Gasteiger partial charge in [0.1, 0.15) is 5.75 Å². The van der Waals surface area contributed by atoms with Gasteiger partial charge in [-0.15, -0.1) is 13.2 Å². The van der Waals surface area contributed by atoms with Crippen LogP contribution in [0, 0.1) is 6.92 Å². The van der Waals surface area contributed by atoms with Crippen LogP contribution in [0.2, 0.25) is 0 Å². The lowest BCUT2D eigenvalue weighted by atomic mass is 9.99. The maximum Gasteiger partial charge on any atom is 0.573 e. The van der Waals surface area contributed by atoms with E-state index in [1.54, 1.807) is 31.2 Å². The fourth-order valence-corrected chi connectivity index (χ4v) is 1.82. The molecule has 0 aliphatic carbocycles. The van der Waals surface area contributed by atoms with Crippen molar-refractivity contribution in [3.05, 3.63) is 65.2 Å². The minimum atomic E-state index is -4.77. The van der Waals surface area contributed by atoms with E-state index in [4.69, 9.17) is 0 Å². The molecule has 2 aromatic carbocycles. The zero-order valence-electron chi connectivity index (χ0n) is 10.6. The van der Waals surface area contributed by atoms with E-state index >= 15 is 0 Å². The molecule has 0 aliphatic rings. The van der Waals surface area contributed by atoms with Gasteiger partial charge in [0.25, 0.3) is 0 Å². The average Bonchev–Trinajstić information content (AvgIpc) is 2.37. The number of ketones is 1. The third kappa shape index (κ3) is 3.38. The zero-order valence-corrected chi connectivity index (χ0v) is 10.6. The van der Waals surface area contributed by atoms with E-state index in [-0.39, 0.29) is 11.3 Å². The third-order valence-electron chi connectivity index (χ3n) is 2.72. The fraction of sp³-hybridized carbons (Fsp3) is 0.133. The molecular formula is C15H11F3O2. The molecule has 2 nitrogen and oxygen atoms in total. The van der Waals surface area contributed by atoms with Gasteiger partial charge < -0.3 is 4.74 Å². The maximum atomic E-state index is 12.2. The standard InChI is InChI=1S/C15H11F3O2/c1-10-5-2-3-8-13(10)14(19)11-6-4-7-12(9-11)20-15(16,17)18/h2-9H,1H3. The molecule has 0 N–H and O–H groups in total. The van der Waals surface area contributed by atoms with E-state index in [1.807, 2.05) is 0 Å². The Morgan fingerprint density at radius 3 is 2.40 bits per heavy atom. The van der Waals surface area contributed by atoms with Crippen molar-refractivity contribution >= 4 is 5.78 Å². The number of carbonyl (C=O) groups excluding carboxylic acids is 1. The number of rotatable bonds is 3. The Morgan fingerprint density at radius 2 is 1.75 bits per heavy atom. The van der Waals surface area contributed by atoms with Gasteiger partial charge in [-0.25, -0.2) is 0 Å². The fourth-order valence-electron chi connectivity index (χ4n) is 1.82. The lowest BCUT2D eigenvalue weighted by Crippen LogP contribution is -2.17. The predicted octanol–water partition coefficient (Wildman–Crippen LogP) is 4.12. The Kier molecular flexibility index (Phi) is 3.79. The highest BCUT2D eigenvalue weighted by Crippen LogP contribution is 2.24. The van der Waals surface area contributed by atoms with Crippen LogP contribution in [0.3, 0.4) is 0 Å². The van der Waals surface area contributed by atoms with Crippen LogP contribution in [0.1, 0.15) is 21.5 Å². The summed E-state index contributed by atoms with van der Waals surface area (Å²) in [5.74, 6) is -0.743. The van der Waals surface area contributed by atoms with Crippen LogP contribution in [0.15, 0.2) is 48.5 Å². The van der Waals surface area contributed by atoms with Gasteiger partial charge in [0.2, 0.25) is 0 Å². The molecule has 0 unspecified atom stereocenters. The first kappa shape index (κ1) is 14.1. The summed E-state index contributed by atoms with van der Waals surface area (Å²) < 4.78 is 40.3. The van der Waals surface area contributed by atoms with E-state index in [1.165, 1.54) is 12.1 Å². The Hall–Kier alpha value is -2.30. The van der Waals surface area contributed by atoms with Crippen molar-refractivity contribution < 1.29 is 22.7 Å². The first-order valence-corrected chi connectivity index (χ1v) is 5.83. The molecule has 0 bridgehead atoms. The normalized spacial score (nSPS) is 11.2. The van der Waals surface area contributed by atoms with Crippen molar-refractivity contribution in [1.82, 2.24) is 0 Å². The van der Waals surface area contributed by atoms with Crippen LogP contribution < -0.4 is 4.74 Å². The van der Waals surface area contributed by atoms with Crippen molar-refractivity contribution in [2.24, 2.45) is 0 Å². The van der Waals surface area contributed by atoms with Gasteiger partial charge in [0.05, 0.1) is 0 Å². The summed E-state index contributed by atoms with van der Waals surface area (Å²) in [6.07, 6.45) is -4.77. The minimum absolute atomic E-state index is 0.154. The second kappa shape index (κ2) is 5.36. The van der Waals surface area contributed by atoms with Gasteiger partial charge in [0.15, 0.2) is 5.78 Å². The predicted molar refractivity (Wildman–Crippen MR) is 67.7 cm³/mol. The first-order valence-electron chi connectivity index (χ1n) is 5.83. The van der Waals surface area contributed by atoms with Gasteiger partial charge in [-0.1, -0.05) is 36.4 Å². The largest absolute Gasteiger partial charge is 0.573 e. The van der Waals surface area contributed by atoms with Crippen molar-refractivity contribution in [1.29, 1.82) is 0 Å². The van der Waals surface area contributed by atoms with Gasteiger partial charge in [-0.2, -0.15) is 0 Å². The molecule has 0 spiro atoms. The lowest BCUT2D eigenvalue weighted by molar-refractivity contribution is -0.274. The topological polar surface area (TPSA) is 26.3 Å². The Labute approximate surface area is 113 Å². The molecule has 0 saturated carbocycles. The van der Waals surface area contributed by atoms with Gasteiger partial charge >= 0.3 is 6.36 Å². The van der Waals surface area contributed by atoms with Crippen molar-refractivity contribution in [3.8, 4) is 5.75 Å². The molecule has 0 aliphatic heterocycles. The van der Waals surface area contributed by atoms with E-state index in [9.17, 15) is 18.0 Å². The molecule has 2 rings (SSSR count). The Morgan fingerprint density at radius 1 is 1.05 bits per heavy atom. The summed E-state index contributed by atoms with van der Waals surface area (Å²) in [4.78, 5) is 12.2. The van der Waals surface area contributed by atoms with E-state index in [0.29, 0.717) is 5.56 Å². The number of hydrogen-bond acceptors (Lipinski definition) is 2. The second-order valence-electron chi connectivity index (χ2n) is 4.22. The number of benzene rings is 2.